The fourth-order valence-corrected chi connectivity index (χ4v) is 2.35. The minimum atomic E-state index is 0.0697. The van der Waals surface area contributed by atoms with Gasteiger partial charge in [0, 0.05) is 5.56 Å². The van der Waals surface area contributed by atoms with Gasteiger partial charge in [0.15, 0.2) is 0 Å². The van der Waals surface area contributed by atoms with Crippen molar-refractivity contribution in [2.24, 2.45) is 0 Å². The molecule has 0 spiro atoms. The lowest BCUT2D eigenvalue weighted by atomic mass is 10.1. The molecule has 1 rings (SSSR count). The molecule has 0 unspecified atom stereocenters. The standard InChI is InChI=1S/C9H10Cl2OS/c1-2-6(5-12)3-7-4-8(10)13-9(7)11/h3-4,12H,2,5H2,1H3/b6-3-. The Morgan fingerprint density at radius 2 is 2.31 bits per heavy atom. The van der Waals surface area contributed by atoms with Crippen LogP contribution in [0, 0.1) is 0 Å². The lowest BCUT2D eigenvalue weighted by molar-refractivity contribution is 0.329. The molecule has 0 amide bonds. The van der Waals surface area contributed by atoms with Gasteiger partial charge in [0.2, 0.25) is 0 Å². The highest BCUT2D eigenvalue weighted by Crippen LogP contribution is 2.32. The second-order valence-corrected chi connectivity index (χ2v) is 4.88. The van der Waals surface area contributed by atoms with Crippen molar-refractivity contribution in [2.75, 3.05) is 6.61 Å². The monoisotopic (exact) mass is 236 g/mol. The Hall–Kier alpha value is -0.0200. The topological polar surface area (TPSA) is 20.2 Å². The van der Waals surface area contributed by atoms with Crippen molar-refractivity contribution in [3.8, 4) is 0 Å². The van der Waals surface area contributed by atoms with E-state index in [0.29, 0.717) is 8.67 Å². The minimum Gasteiger partial charge on any atom is -0.392 e. The van der Waals surface area contributed by atoms with Gasteiger partial charge in [-0.2, -0.15) is 0 Å². The van der Waals surface area contributed by atoms with Crippen LogP contribution in [0.1, 0.15) is 18.9 Å². The van der Waals surface area contributed by atoms with Crippen molar-refractivity contribution in [2.45, 2.75) is 13.3 Å². The summed E-state index contributed by atoms with van der Waals surface area (Å²) in [6.07, 6.45) is 2.70. The lowest BCUT2D eigenvalue weighted by Gasteiger charge is -1.97. The molecule has 1 aromatic heterocycles. The van der Waals surface area contributed by atoms with Crippen LogP contribution >= 0.6 is 34.5 Å². The molecule has 0 aliphatic heterocycles. The highest BCUT2D eigenvalue weighted by Gasteiger charge is 2.03. The van der Waals surface area contributed by atoms with E-state index in [1.807, 2.05) is 13.0 Å². The molecule has 0 atom stereocenters. The quantitative estimate of drug-likeness (QED) is 0.846. The molecule has 1 heterocycles. The smallest absolute Gasteiger partial charge is 0.102 e. The predicted octanol–water partition coefficient (Wildman–Crippen LogP) is 3.84. The van der Waals surface area contributed by atoms with Crippen molar-refractivity contribution in [3.05, 3.63) is 25.9 Å². The first-order chi connectivity index (χ1) is 6.17. The normalized spacial score (nSPS) is 12.2. The lowest BCUT2D eigenvalue weighted by Crippen LogP contribution is -1.87. The van der Waals surface area contributed by atoms with Gasteiger partial charge in [-0.15, -0.1) is 11.3 Å². The molecular weight excluding hydrogens is 227 g/mol. The van der Waals surface area contributed by atoms with E-state index in [1.54, 1.807) is 6.07 Å². The number of aliphatic hydroxyl groups excluding tert-OH is 1. The van der Waals surface area contributed by atoms with E-state index >= 15 is 0 Å². The van der Waals surface area contributed by atoms with Gasteiger partial charge < -0.3 is 5.11 Å². The van der Waals surface area contributed by atoms with Crippen LogP contribution in [-0.2, 0) is 0 Å². The third-order valence-electron chi connectivity index (χ3n) is 1.70. The first kappa shape index (κ1) is 11.1. The summed E-state index contributed by atoms with van der Waals surface area (Å²) in [4.78, 5) is 0. The maximum Gasteiger partial charge on any atom is 0.102 e. The van der Waals surface area contributed by atoms with Crippen LogP contribution < -0.4 is 0 Å². The summed E-state index contributed by atoms with van der Waals surface area (Å²) in [5, 5.41) is 8.94. The van der Waals surface area contributed by atoms with Gasteiger partial charge in [-0.25, -0.2) is 0 Å². The van der Waals surface area contributed by atoms with Crippen molar-refractivity contribution < 1.29 is 5.11 Å². The Labute approximate surface area is 91.6 Å². The summed E-state index contributed by atoms with van der Waals surface area (Å²) in [5.41, 5.74) is 1.85. The van der Waals surface area contributed by atoms with Gasteiger partial charge in [0.25, 0.3) is 0 Å². The van der Waals surface area contributed by atoms with Crippen LogP contribution in [0.4, 0.5) is 0 Å². The number of hydrogen-bond donors (Lipinski definition) is 1. The number of hydrogen-bond acceptors (Lipinski definition) is 2. The molecule has 0 aliphatic carbocycles. The molecule has 1 nitrogen and oxygen atoms in total. The predicted molar refractivity (Wildman–Crippen MR) is 59.7 cm³/mol. The first-order valence-electron chi connectivity index (χ1n) is 3.92. The van der Waals surface area contributed by atoms with E-state index in [9.17, 15) is 0 Å². The number of aliphatic hydroxyl groups is 1. The van der Waals surface area contributed by atoms with E-state index < -0.39 is 0 Å². The maximum atomic E-state index is 8.94. The minimum absolute atomic E-state index is 0.0697. The van der Waals surface area contributed by atoms with E-state index in [2.05, 4.69) is 0 Å². The fraction of sp³-hybridized carbons (Fsp3) is 0.333. The second kappa shape index (κ2) is 5.01. The molecule has 0 aromatic carbocycles. The largest absolute Gasteiger partial charge is 0.392 e. The Morgan fingerprint density at radius 1 is 1.62 bits per heavy atom. The zero-order valence-electron chi connectivity index (χ0n) is 7.18. The summed E-state index contributed by atoms with van der Waals surface area (Å²) < 4.78 is 1.34. The van der Waals surface area contributed by atoms with Crippen LogP contribution in [0.5, 0.6) is 0 Å². The second-order valence-electron chi connectivity index (χ2n) is 2.59. The molecule has 0 fully saturated rings. The van der Waals surface area contributed by atoms with Crippen LogP contribution in [-0.4, -0.2) is 11.7 Å². The first-order valence-corrected chi connectivity index (χ1v) is 5.49. The fourth-order valence-electron chi connectivity index (χ4n) is 0.931. The molecule has 1 N–H and O–H groups in total. The van der Waals surface area contributed by atoms with Gasteiger partial charge in [-0.3, -0.25) is 0 Å². The Balaban J connectivity index is 2.95. The van der Waals surface area contributed by atoms with Gasteiger partial charge >= 0.3 is 0 Å². The molecule has 0 radical (unpaired) electrons. The van der Waals surface area contributed by atoms with Crippen molar-refractivity contribution >= 4 is 40.6 Å². The Kier molecular flexibility index (Phi) is 4.26. The van der Waals surface area contributed by atoms with Gasteiger partial charge in [-0.05, 0) is 18.1 Å². The van der Waals surface area contributed by atoms with Crippen molar-refractivity contribution in [3.63, 3.8) is 0 Å². The summed E-state index contributed by atoms with van der Waals surface area (Å²) in [6.45, 7) is 2.06. The molecule has 13 heavy (non-hydrogen) atoms. The van der Waals surface area contributed by atoms with E-state index in [4.69, 9.17) is 28.3 Å². The molecule has 0 aliphatic rings. The maximum absolute atomic E-state index is 8.94. The van der Waals surface area contributed by atoms with Crippen LogP contribution in [0.25, 0.3) is 6.08 Å². The molecule has 0 saturated carbocycles. The zero-order valence-corrected chi connectivity index (χ0v) is 9.51. The number of thiophene rings is 1. The number of halogens is 2. The van der Waals surface area contributed by atoms with Gasteiger partial charge in [-0.1, -0.05) is 36.2 Å². The van der Waals surface area contributed by atoms with Gasteiger partial charge in [0.05, 0.1) is 10.9 Å². The average Bonchev–Trinajstić information content (AvgIpc) is 2.41. The molecule has 0 bridgehead atoms. The third kappa shape index (κ3) is 2.99. The van der Waals surface area contributed by atoms with Crippen LogP contribution in [0.2, 0.25) is 8.67 Å². The third-order valence-corrected chi connectivity index (χ3v) is 3.22. The average molecular weight is 237 g/mol. The highest BCUT2D eigenvalue weighted by atomic mass is 35.5. The summed E-state index contributed by atoms with van der Waals surface area (Å²) in [6, 6.07) is 1.81. The molecule has 0 saturated heterocycles. The molecular formula is C9H10Cl2OS. The zero-order chi connectivity index (χ0) is 9.84. The summed E-state index contributed by atoms with van der Waals surface area (Å²) >= 11 is 13.0. The number of rotatable bonds is 3. The van der Waals surface area contributed by atoms with Crippen molar-refractivity contribution in [1.29, 1.82) is 0 Å². The van der Waals surface area contributed by atoms with E-state index in [1.165, 1.54) is 11.3 Å². The Bertz CT molecular complexity index is 311. The Morgan fingerprint density at radius 3 is 2.69 bits per heavy atom. The van der Waals surface area contributed by atoms with Gasteiger partial charge in [0.1, 0.15) is 4.34 Å². The van der Waals surface area contributed by atoms with E-state index in [0.717, 1.165) is 17.6 Å². The summed E-state index contributed by atoms with van der Waals surface area (Å²) in [5.74, 6) is 0. The molecule has 72 valence electrons. The molecule has 4 heteroatoms. The van der Waals surface area contributed by atoms with Crippen molar-refractivity contribution in [1.82, 2.24) is 0 Å². The van der Waals surface area contributed by atoms with E-state index in [-0.39, 0.29) is 6.61 Å². The van der Waals surface area contributed by atoms with Crippen LogP contribution in [0.3, 0.4) is 0 Å². The SMILES string of the molecule is CC/C(=C/c1cc(Cl)sc1Cl)CO. The summed E-state index contributed by atoms with van der Waals surface area (Å²) in [7, 11) is 0. The highest BCUT2D eigenvalue weighted by molar-refractivity contribution is 7.20. The van der Waals surface area contributed by atoms with Crippen LogP contribution in [0.15, 0.2) is 11.6 Å². The molecule has 1 aromatic rings.